The number of anilines is 2. The first-order valence-electron chi connectivity index (χ1n) is 7.20. The second kappa shape index (κ2) is 5.13. The minimum Gasteiger partial charge on any atom is -0.495 e. The first kappa shape index (κ1) is 13.5. The zero-order chi connectivity index (χ0) is 14.3. The average molecular weight is 279 g/mol. The molecule has 2 atom stereocenters. The lowest BCUT2D eigenvalue weighted by Gasteiger charge is -2.28. The van der Waals surface area contributed by atoms with Gasteiger partial charge >= 0.3 is 0 Å². The number of hydrogen-bond donors (Lipinski definition) is 1. The molecular weight excluding hydrogens is 257 g/mol. The highest BCUT2D eigenvalue weighted by atomic mass is 19.1. The molecule has 2 aliphatic rings. The van der Waals surface area contributed by atoms with Crippen molar-refractivity contribution in [2.24, 2.45) is 0 Å². The van der Waals surface area contributed by atoms with Gasteiger partial charge in [-0.25, -0.2) is 4.39 Å². The van der Waals surface area contributed by atoms with Crippen LogP contribution in [0.25, 0.3) is 0 Å². The number of nitrogen functional groups attached to an aromatic ring is 1. The molecule has 0 radical (unpaired) electrons. The summed E-state index contributed by atoms with van der Waals surface area (Å²) in [6, 6.07) is 4.25. The second-order valence-electron chi connectivity index (χ2n) is 5.83. The van der Waals surface area contributed by atoms with E-state index in [1.165, 1.54) is 18.9 Å². The number of nitrogens with two attached hydrogens (primary N) is 1. The average Bonchev–Trinajstić information content (AvgIpc) is 2.65. The molecule has 3 rings (SSSR count). The minimum absolute atomic E-state index is 0.260. The number of nitrogens with zero attached hydrogens (tertiary/aromatic N) is 2. The molecule has 20 heavy (non-hydrogen) atoms. The standard InChI is InChI=1S/C15H22FN3O/c1-18-10-3-4-11(18)9-19(6-5-10)14-8-15(20-2)13(17)7-12(14)16/h7-8,10-11H,3-6,9,17H2,1-2H3. The largest absolute Gasteiger partial charge is 0.495 e. The molecule has 2 N–H and O–H groups in total. The van der Waals surface area contributed by atoms with Crippen LogP contribution in [0.15, 0.2) is 12.1 Å². The van der Waals surface area contributed by atoms with Crippen molar-refractivity contribution in [3.63, 3.8) is 0 Å². The van der Waals surface area contributed by atoms with E-state index in [9.17, 15) is 4.39 Å². The highest BCUT2D eigenvalue weighted by molar-refractivity contribution is 5.63. The highest BCUT2D eigenvalue weighted by Gasteiger charge is 2.35. The summed E-state index contributed by atoms with van der Waals surface area (Å²) in [4.78, 5) is 4.59. The van der Waals surface area contributed by atoms with Gasteiger partial charge in [0, 0.05) is 37.3 Å². The molecule has 0 aromatic heterocycles. The number of likely N-dealkylation sites (N-methyl/N-ethyl adjacent to an activating group) is 1. The number of methoxy groups -OCH3 is 1. The third-order valence-corrected chi connectivity index (χ3v) is 4.79. The molecule has 2 fully saturated rings. The maximum atomic E-state index is 14.2. The lowest BCUT2D eigenvalue weighted by atomic mass is 10.1. The molecule has 4 nitrogen and oxygen atoms in total. The first-order chi connectivity index (χ1) is 9.60. The van der Waals surface area contributed by atoms with Crippen LogP contribution < -0.4 is 15.4 Å². The van der Waals surface area contributed by atoms with E-state index in [2.05, 4.69) is 16.8 Å². The third kappa shape index (κ3) is 2.20. The Morgan fingerprint density at radius 1 is 1.25 bits per heavy atom. The van der Waals surface area contributed by atoms with Crippen molar-refractivity contribution >= 4 is 11.4 Å². The Labute approximate surface area is 119 Å². The Hall–Kier alpha value is -1.49. The smallest absolute Gasteiger partial charge is 0.148 e. The van der Waals surface area contributed by atoms with Gasteiger partial charge in [0.15, 0.2) is 0 Å². The minimum atomic E-state index is -0.260. The van der Waals surface area contributed by atoms with Crippen LogP contribution in [0.2, 0.25) is 0 Å². The van der Waals surface area contributed by atoms with Gasteiger partial charge in [0.25, 0.3) is 0 Å². The van der Waals surface area contributed by atoms with E-state index in [1.54, 1.807) is 13.2 Å². The number of hydrogen-bond acceptors (Lipinski definition) is 4. The van der Waals surface area contributed by atoms with E-state index >= 15 is 0 Å². The maximum absolute atomic E-state index is 14.2. The van der Waals surface area contributed by atoms with Crippen molar-refractivity contribution in [3.05, 3.63) is 17.9 Å². The van der Waals surface area contributed by atoms with Crippen LogP contribution in [-0.2, 0) is 0 Å². The summed E-state index contributed by atoms with van der Waals surface area (Å²) < 4.78 is 19.4. The fraction of sp³-hybridized carbons (Fsp3) is 0.600. The molecule has 1 aromatic rings. The molecular formula is C15H22FN3O. The van der Waals surface area contributed by atoms with Gasteiger partial charge < -0.3 is 15.4 Å². The molecule has 2 heterocycles. The van der Waals surface area contributed by atoms with E-state index in [0.29, 0.717) is 29.2 Å². The fourth-order valence-electron chi connectivity index (χ4n) is 3.50. The number of halogens is 1. The quantitative estimate of drug-likeness (QED) is 0.842. The summed E-state index contributed by atoms with van der Waals surface area (Å²) in [7, 11) is 3.75. The van der Waals surface area contributed by atoms with Gasteiger partial charge in [0.05, 0.1) is 18.5 Å². The van der Waals surface area contributed by atoms with Crippen molar-refractivity contribution in [3.8, 4) is 5.75 Å². The van der Waals surface area contributed by atoms with Gasteiger partial charge in [-0.15, -0.1) is 0 Å². The van der Waals surface area contributed by atoms with Crippen molar-refractivity contribution in [2.75, 3.05) is 37.9 Å². The van der Waals surface area contributed by atoms with Crippen molar-refractivity contribution in [1.82, 2.24) is 4.90 Å². The Balaban J connectivity index is 1.89. The van der Waals surface area contributed by atoms with Crippen LogP contribution >= 0.6 is 0 Å². The predicted molar refractivity (Wildman–Crippen MR) is 78.8 cm³/mol. The monoisotopic (exact) mass is 279 g/mol. The van der Waals surface area contributed by atoms with Crippen molar-refractivity contribution in [2.45, 2.75) is 31.3 Å². The number of rotatable bonds is 2. The maximum Gasteiger partial charge on any atom is 0.148 e. The van der Waals surface area contributed by atoms with Crippen LogP contribution in [0.4, 0.5) is 15.8 Å². The first-order valence-corrected chi connectivity index (χ1v) is 7.20. The Kier molecular flexibility index (Phi) is 3.46. The molecule has 5 heteroatoms. The molecule has 1 aromatic carbocycles. The highest BCUT2D eigenvalue weighted by Crippen LogP contribution is 2.35. The number of ether oxygens (including phenoxy) is 1. The fourth-order valence-corrected chi connectivity index (χ4v) is 3.50. The van der Waals surface area contributed by atoms with Gasteiger partial charge in [-0.1, -0.05) is 0 Å². The zero-order valence-electron chi connectivity index (χ0n) is 12.1. The predicted octanol–water partition coefficient (Wildman–Crippen LogP) is 2.09. The van der Waals surface area contributed by atoms with Gasteiger partial charge in [-0.05, 0) is 26.3 Å². The molecule has 2 unspecified atom stereocenters. The van der Waals surface area contributed by atoms with Crippen LogP contribution in [0.5, 0.6) is 5.75 Å². The van der Waals surface area contributed by atoms with Crippen LogP contribution in [0.1, 0.15) is 19.3 Å². The normalized spacial score (nSPS) is 26.6. The summed E-state index contributed by atoms with van der Waals surface area (Å²) in [6.45, 7) is 1.76. The van der Waals surface area contributed by atoms with Crippen LogP contribution in [0.3, 0.4) is 0 Å². The Morgan fingerprint density at radius 3 is 2.75 bits per heavy atom. The second-order valence-corrected chi connectivity index (χ2v) is 5.83. The van der Waals surface area contributed by atoms with E-state index in [4.69, 9.17) is 10.5 Å². The summed E-state index contributed by atoms with van der Waals surface area (Å²) in [5.74, 6) is 0.285. The lowest BCUT2D eigenvalue weighted by molar-refractivity contribution is 0.254. The van der Waals surface area contributed by atoms with Gasteiger partial charge in [-0.2, -0.15) is 0 Å². The van der Waals surface area contributed by atoms with E-state index < -0.39 is 0 Å². The number of fused-ring (bicyclic) bond motifs is 2. The molecule has 0 spiro atoms. The lowest BCUT2D eigenvalue weighted by Crippen LogP contribution is -2.37. The van der Waals surface area contributed by atoms with Crippen LogP contribution in [0, 0.1) is 5.82 Å². The van der Waals surface area contributed by atoms with Gasteiger partial charge in [0.2, 0.25) is 0 Å². The molecule has 0 aliphatic carbocycles. The zero-order valence-corrected chi connectivity index (χ0v) is 12.1. The summed E-state index contributed by atoms with van der Waals surface area (Å²) in [6.07, 6.45) is 3.55. The van der Waals surface area contributed by atoms with E-state index in [1.807, 2.05) is 0 Å². The Bertz CT molecular complexity index is 508. The molecule has 2 saturated heterocycles. The van der Waals surface area contributed by atoms with Crippen molar-refractivity contribution in [1.29, 1.82) is 0 Å². The molecule has 2 bridgehead atoms. The van der Waals surface area contributed by atoms with E-state index in [-0.39, 0.29) is 5.82 Å². The topological polar surface area (TPSA) is 41.7 Å². The summed E-state index contributed by atoms with van der Waals surface area (Å²) in [5.41, 5.74) is 6.71. The summed E-state index contributed by atoms with van der Waals surface area (Å²) in [5, 5.41) is 0. The molecule has 110 valence electrons. The van der Waals surface area contributed by atoms with E-state index in [0.717, 1.165) is 19.5 Å². The number of benzene rings is 1. The third-order valence-electron chi connectivity index (χ3n) is 4.79. The molecule has 2 aliphatic heterocycles. The summed E-state index contributed by atoms with van der Waals surface area (Å²) >= 11 is 0. The molecule has 0 amide bonds. The van der Waals surface area contributed by atoms with Gasteiger partial charge in [-0.3, -0.25) is 4.90 Å². The Morgan fingerprint density at radius 2 is 2.00 bits per heavy atom. The van der Waals surface area contributed by atoms with Crippen molar-refractivity contribution < 1.29 is 9.13 Å². The van der Waals surface area contributed by atoms with Gasteiger partial charge in [0.1, 0.15) is 11.6 Å². The SMILES string of the molecule is COc1cc(N2CCC3CCC(C2)N3C)c(F)cc1N. The molecule has 0 saturated carbocycles. The van der Waals surface area contributed by atoms with Crippen LogP contribution in [-0.4, -0.2) is 44.2 Å².